The van der Waals surface area contributed by atoms with E-state index in [0.29, 0.717) is 23.1 Å². The van der Waals surface area contributed by atoms with Gasteiger partial charge in [-0.05, 0) is 25.7 Å². The van der Waals surface area contributed by atoms with Crippen molar-refractivity contribution < 1.29 is 9.59 Å². The Bertz CT molecular complexity index is 403. The van der Waals surface area contributed by atoms with Crippen LogP contribution in [0.2, 0.25) is 0 Å². The molecular formula is C15H27N3O2. The minimum absolute atomic E-state index is 0.0184. The Labute approximate surface area is 121 Å². The van der Waals surface area contributed by atoms with Gasteiger partial charge in [0.1, 0.15) is 0 Å². The SMILES string of the molecule is CC1=C(C(=O)N(CC(C)C)CC(C)C)C(C)NC(=O)N1. The number of hydrogen-bond donors (Lipinski definition) is 2. The van der Waals surface area contributed by atoms with E-state index >= 15 is 0 Å². The molecule has 0 aromatic carbocycles. The van der Waals surface area contributed by atoms with Crippen molar-refractivity contribution in [3.63, 3.8) is 0 Å². The van der Waals surface area contributed by atoms with Crippen LogP contribution < -0.4 is 10.6 Å². The second-order valence-electron chi connectivity index (χ2n) is 6.36. The summed E-state index contributed by atoms with van der Waals surface area (Å²) in [6.45, 7) is 13.5. The summed E-state index contributed by atoms with van der Waals surface area (Å²) in [4.78, 5) is 26.1. The third-order valence-corrected chi connectivity index (χ3v) is 3.17. The summed E-state index contributed by atoms with van der Waals surface area (Å²) >= 11 is 0. The molecule has 3 amide bonds. The van der Waals surface area contributed by atoms with Gasteiger partial charge < -0.3 is 15.5 Å². The molecule has 1 aliphatic heterocycles. The smallest absolute Gasteiger partial charge is 0.319 e. The van der Waals surface area contributed by atoms with Crippen molar-refractivity contribution in [2.24, 2.45) is 11.8 Å². The maximum atomic E-state index is 12.8. The van der Waals surface area contributed by atoms with Gasteiger partial charge in [0.15, 0.2) is 0 Å². The first kappa shape index (κ1) is 16.5. The molecule has 1 unspecified atom stereocenters. The number of urea groups is 1. The van der Waals surface area contributed by atoms with Crippen molar-refractivity contribution >= 4 is 11.9 Å². The van der Waals surface area contributed by atoms with E-state index in [1.54, 1.807) is 6.92 Å². The van der Waals surface area contributed by atoms with Crippen LogP contribution in [0.5, 0.6) is 0 Å². The molecule has 0 aromatic heterocycles. The summed E-state index contributed by atoms with van der Waals surface area (Å²) in [7, 11) is 0. The highest BCUT2D eigenvalue weighted by atomic mass is 16.2. The highest BCUT2D eigenvalue weighted by molar-refractivity contribution is 5.98. The Morgan fingerprint density at radius 2 is 1.70 bits per heavy atom. The molecule has 0 saturated carbocycles. The average Bonchev–Trinajstić information content (AvgIpc) is 2.24. The van der Waals surface area contributed by atoms with E-state index in [0.717, 1.165) is 13.1 Å². The van der Waals surface area contributed by atoms with Gasteiger partial charge in [-0.25, -0.2) is 4.79 Å². The third-order valence-electron chi connectivity index (χ3n) is 3.17. The molecule has 2 N–H and O–H groups in total. The van der Waals surface area contributed by atoms with E-state index in [-0.39, 0.29) is 18.0 Å². The van der Waals surface area contributed by atoms with Crippen molar-refractivity contribution in [3.05, 3.63) is 11.3 Å². The van der Waals surface area contributed by atoms with Crippen LogP contribution >= 0.6 is 0 Å². The topological polar surface area (TPSA) is 61.4 Å². The van der Waals surface area contributed by atoms with Gasteiger partial charge in [-0.1, -0.05) is 27.7 Å². The van der Waals surface area contributed by atoms with Gasteiger partial charge in [-0.2, -0.15) is 0 Å². The lowest BCUT2D eigenvalue weighted by atomic mass is 10.0. The second kappa shape index (κ2) is 6.77. The van der Waals surface area contributed by atoms with E-state index in [9.17, 15) is 9.59 Å². The lowest BCUT2D eigenvalue weighted by molar-refractivity contribution is -0.128. The number of allylic oxidation sites excluding steroid dienone is 1. The van der Waals surface area contributed by atoms with Crippen LogP contribution in [0, 0.1) is 11.8 Å². The lowest BCUT2D eigenvalue weighted by Crippen LogP contribution is -2.51. The van der Waals surface area contributed by atoms with Gasteiger partial charge in [-0.3, -0.25) is 4.79 Å². The zero-order valence-electron chi connectivity index (χ0n) is 13.4. The van der Waals surface area contributed by atoms with Crippen molar-refractivity contribution in [1.82, 2.24) is 15.5 Å². The first-order valence-electron chi connectivity index (χ1n) is 7.29. The molecule has 0 aromatic rings. The Morgan fingerprint density at radius 3 is 2.10 bits per heavy atom. The van der Waals surface area contributed by atoms with Crippen LogP contribution in [0.4, 0.5) is 4.79 Å². The van der Waals surface area contributed by atoms with Gasteiger partial charge in [-0.15, -0.1) is 0 Å². The first-order chi connectivity index (χ1) is 9.22. The van der Waals surface area contributed by atoms with Crippen LogP contribution in [-0.2, 0) is 4.79 Å². The molecule has 1 atom stereocenters. The fourth-order valence-electron chi connectivity index (χ4n) is 2.51. The minimum atomic E-state index is -0.252. The standard InChI is InChI=1S/C15H27N3O2/c1-9(2)7-18(8-10(3)4)14(19)13-11(5)16-15(20)17-12(13)6/h9-11H,7-8H2,1-6H3,(H2,16,17,20). The molecule has 20 heavy (non-hydrogen) atoms. The zero-order chi connectivity index (χ0) is 15.4. The van der Waals surface area contributed by atoms with E-state index < -0.39 is 0 Å². The maximum Gasteiger partial charge on any atom is 0.319 e. The summed E-state index contributed by atoms with van der Waals surface area (Å²) in [5.41, 5.74) is 1.31. The molecule has 1 aliphatic rings. The van der Waals surface area contributed by atoms with Gasteiger partial charge in [0.2, 0.25) is 0 Å². The van der Waals surface area contributed by atoms with Crippen LogP contribution in [-0.4, -0.2) is 36.0 Å². The van der Waals surface area contributed by atoms with Gasteiger partial charge in [0, 0.05) is 18.8 Å². The summed E-state index contributed by atoms with van der Waals surface area (Å²) in [6, 6.07) is -0.496. The Morgan fingerprint density at radius 1 is 1.20 bits per heavy atom. The van der Waals surface area contributed by atoms with E-state index in [2.05, 4.69) is 38.3 Å². The van der Waals surface area contributed by atoms with Crippen LogP contribution in [0.1, 0.15) is 41.5 Å². The fraction of sp³-hybridized carbons (Fsp3) is 0.733. The number of hydrogen-bond acceptors (Lipinski definition) is 2. The highest BCUT2D eigenvalue weighted by Crippen LogP contribution is 2.17. The predicted molar refractivity (Wildman–Crippen MR) is 80.1 cm³/mol. The molecule has 0 aliphatic carbocycles. The minimum Gasteiger partial charge on any atom is -0.338 e. The van der Waals surface area contributed by atoms with Crippen molar-refractivity contribution in [3.8, 4) is 0 Å². The molecule has 114 valence electrons. The monoisotopic (exact) mass is 281 g/mol. The van der Waals surface area contributed by atoms with Crippen molar-refractivity contribution in [1.29, 1.82) is 0 Å². The quantitative estimate of drug-likeness (QED) is 0.810. The lowest BCUT2D eigenvalue weighted by Gasteiger charge is -2.32. The van der Waals surface area contributed by atoms with Crippen LogP contribution in [0.3, 0.4) is 0 Å². The Hall–Kier alpha value is -1.52. The Kier molecular flexibility index (Phi) is 5.60. The molecule has 1 rings (SSSR count). The number of carbonyl (C=O) groups excluding carboxylic acids is 2. The number of carbonyl (C=O) groups is 2. The fourth-order valence-corrected chi connectivity index (χ4v) is 2.51. The first-order valence-corrected chi connectivity index (χ1v) is 7.29. The normalized spacial score (nSPS) is 19.2. The molecule has 0 bridgehead atoms. The maximum absolute atomic E-state index is 12.8. The average molecular weight is 281 g/mol. The molecule has 0 fully saturated rings. The van der Waals surface area contributed by atoms with Gasteiger partial charge in [0.25, 0.3) is 5.91 Å². The highest BCUT2D eigenvalue weighted by Gasteiger charge is 2.30. The predicted octanol–water partition coefficient (Wildman–Crippen LogP) is 2.10. The van der Waals surface area contributed by atoms with Crippen molar-refractivity contribution in [2.75, 3.05) is 13.1 Å². The number of rotatable bonds is 5. The van der Waals surface area contributed by atoms with Crippen LogP contribution in [0.15, 0.2) is 11.3 Å². The summed E-state index contributed by atoms with van der Waals surface area (Å²) in [5.74, 6) is 0.852. The van der Waals surface area contributed by atoms with Gasteiger partial charge in [0.05, 0.1) is 11.6 Å². The van der Waals surface area contributed by atoms with Crippen molar-refractivity contribution in [2.45, 2.75) is 47.6 Å². The molecule has 0 spiro atoms. The van der Waals surface area contributed by atoms with E-state index in [1.165, 1.54) is 0 Å². The molecular weight excluding hydrogens is 254 g/mol. The third kappa shape index (κ3) is 4.25. The molecule has 1 heterocycles. The molecule has 5 nitrogen and oxygen atoms in total. The van der Waals surface area contributed by atoms with Crippen LogP contribution in [0.25, 0.3) is 0 Å². The van der Waals surface area contributed by atoms with E-state index in [4.69, 9.17) is 0 Å². The number of nitrogens with zero attached hydrogens (tertiary/aromatic N) is 1. The number of nitrogens with one attached hydrogen (secondary N) is 2. The molecule has 0 saturated heterocycles. The van der Waals surface area contributed by atoms with Gasteiger partial charge >= 0.3 is 6.03 Å². The zero-order valence-corrected chi connectivity index (χ0v) is 13.4. The molecule has 5 heteroatoms. The largest absolute Gasteiger partial charge is 0.338 e. The second-order valence-corrected chi connectivity index (χ2v) is 6.36. The number of amides is 3. The molecule has 0 radical (unpaired) electrons. The van der Waals surface area contributed by atoms with E-state index in [1.807, 2.05) is 11.8 Å². The summed E-state index contributed by atoms with van der Waals surface area (Å²) in [5, 5.41) is 5.43. The Balaban J connectivity index is 2.98. The summed E-state index contributed by atoms with van der Waals surface area (Å²) < 4.78 is 0. The summed E-state index contributed by atoms with van der Waals surface area (Å²) in [6.07, 6.45) is 0.